The number of anilines is 1. The van der Waals surface area contributed by atoms with Gasteiger partial charge in [-0.25, -0.2) is 0 Å². The van der Waals surface area contributed by atoms with Crippen molar-refractivity contribution in [2.75, 3.05) is 20.0 Å². The monoisotopic (exact) mass is 359 g/mol. The van der Waals surface area contributed by atoms with Crippen LogP contribution in [0.3, 0.4) is 0 Å². The van der Waals surface area contributed by atoms with Crippen LogP contribution in [0.25, 0.3) is 0 Å². The van der Waals surface area contributed by atoms with Crippen molar-refractivity contribution in [2.45, 2.75) is 13.8 Å². The Morgan fingerprint density at radius 3 is 2.15 bits per heavy atom. The molecule has 5 N–H and O–H groups in total. The summed E-state index contributed by atoms with van der Waals surface area (Å²) in [7, 11) is 2.82. The molecule has 2 aromatic rings. The van der Waals surface area contributed by atoms with E-state index in [1.54, 1.807) is 13.0 Å². The molecule has 0 saturated carbocycles. The minimum atomic E-state index is -0.778. The van der Waals surface area contributed by atoms with Gasteiger partial charge in [-0.2, -0.15) is 5.48 Å². The number of methoxy groups -OCH3 is 2. The molecule has 2 aromatic carbocycles. The molecule has 0 fully saturated rings. The number of carbonyl (C=O) groups excluding carboxylic acids is 2. The van der Waals surface area contributed by atoms with Crippen molar-refractivity contribution in [1.82, 2.24) is 5.48 Å². The van der Waals surface area contributed by atoms with E-state index in [4.69, 9.17) is 25.8 Å². The predicted octanol–water partition coefficient (Wildman–Crippen LogP) is 1.73. The summed E-state index contributed by atoms with van der Waals surface area (Å²) in [5, 5.41) is 0. The number of nitrogen functional groups attached to an aromatic ring is 1. The Hall–Kier alpha value is -3.42. The van der Waals surface area contributed by atoms with Crippen LogP contribution in [0.1, 0.15) is 31.8 Å². The smallest absolute Gasteiger partial charge is 0.286 e. The van der Waals surface area contributed by atoms with Gasteiger partial charge >= 0.3 is 0 Å². The second-order valence-corrected chi connectivity index (χ2v) is 5.65. The Balaban J connectivity index is 2.34. The molecule has 0 radical (unpaired) electrons. The number of rotatable bonds is 6. The quantitative estimate of drug-likeness (QED) is 0.533. The van der Waals surface area contributed by atoms with Gasteiger partial charge in [-0.1, -0.05) is 6.07 Å². The van der Waals surface area contributed by atoms with Gasteiger partial charge in [0.05, 0.1) is 19.8 Å². The highest BCUT2D eigenvalue weighted by atomic mass is 16.7. The summed E-state index contributed by atoms with van der Waals surface area (Å²) >= 11 is 0. The number of hydrogen-bond acceptors (Lipinski definition) is 6. The number of carbonyl (C=O) groups is 2. The van der Waals surface area contributed by atoms with Gasteiger partial charge in [-0.15, -0.1) is 0 Å². The molecule has 26 heavy (non-hydrogen) atoms. The van der Waals surface area contributed by atoms with Crippen LogP contribution < -0.4 is 31.3 Å². The second-order valence-electron chi connectivity index (χ2n) is 5.65. The van der Waals surface area contributed by atoms with Gasteiger partial charge in [0.2, 0.25) is 0 Å². The van der Waals surface area contributed by atoms with Crippen molar-refractivity contribution >= 4 is 17.5 Å². The molecular weight excluding hydrogens is 338 g/mol. The van der Waals surface area contributed by atoms with Crippen LogP contribution in [0.5, 0.6) is 17.2 Å². The molecule has 2 rings (SSSR count). The molecule has 0 atom stereocenters. The van der Waals surface area contributed by atoms with Gasteiger partial charge in [-0.3, -0.25) is 9.59 Å². The Morgan fingerprint density at radius 1 is 0.962 bits per heavy atom. The Bertz CT molecular complexity index is 841. The lowest BCUT2D eigenvalue weighted by atomic mass is 10.0. The molecule has 0 saturated heterocycles. The zero-order valence-corrected chi connectivity index (χ0v) is 15.0. The normalized spacial score (nSPS) is 10.2. The fourth-order valence-electron chi connectivity index (χ4n) is 2.63. The van der Waals surface area contributed by atoms with E-state index in [2.05, 4.69) is 5.48 Å². The fraction of sp³-hybridized carbons (Fsp3) is 0.222. The lowest BCUT2D eigenvalue weighted by Crippen LogP contribution is -2.29. The predicted molar refractivity (Wildman–Crippen MR) is 96.5 cm³/mol. The largest absolute Gasteiger partial charge is 0.496 e. The van der Waals surface area contributed by atoms with Crippen molar-refractivity contribution in [2.24, 2.45) is 5.73 Å². The summed E-state index contributed by atoms with van der Waals surface area (Å²) < 4.78 is 10.3. The molecular formula is C18H21N3O5. The summed E-state index contributed by atoms with van der Waals surface area (Å²) in [6.45, 7) is 3.64. The third kappa shape index (κ3) is 3.80. The second kappa shape index (κ2) is 7.64. The molecule has 0 bridgehead atoms. The number of amides is 2. The van der Waals surface area contributed by atoms with Crippen LogP contribution >= 0.6 is 0 Å². The zero-order chi connectivity index (χ0) is 19.4. The van der Waals surface area contributed by atoms with E-state index in [9.17, 15) is 9.59 Å². The van der Waals surface area contributed by atoms with E-state index in [0.717, 1.165) is 5.56 Å². The molecule has 0 aliphatic heterocycles. The van der Waals surface area contributed by atoms with E-state index in [1.807, 2.05) is 13.0 Å². The van der Waals surface area contributed by atoms with Crippen molar-refractivity contribution in [3.63, 3.8) is 0 Å². The van der Waals surface area contributed by atoms with Gasteiger partial charge in [0.15, 0.2) is 5.75 Å². The van der Waals surface area contributed by atoms with Crippen LogP contribution in [-0.4, -0.2) is 26.0 Å². The van der Waals surface area contributed by atoms with E-state index in [0.29, 0.717) is 17.0 Å². The average Bonchev–Trinajstić information content (AvgIpc) is 2.57. The zero-order valence-electron chi connectivity index (χ0n) is 15.0. The highest BCUT2D eigenvalue weighted by molar-refractivity contribution is 6.01. The Morgan fingerprint density at radius 2 is 1.62 bits per heavy atom. The topological polar surface area (TPSA) is 126 Å². The van der Waals surface area contributed by atoms with Gasteiger partial charge in [0.25, 0.3) is 11.8 Å². The summed E-state index contributed by atoms with van der Waals surface area (Å²) in [4.78, 5) is 29.5. The highest BCUT2D eigenvalue weighted by Gasteiger charge is 2.21. The first-order valence-corrected chi connectivity index (χ1v) is 7.68. The molecule has 0 unspecified atom stereocenters. The van der Waals surface area contributed by atoms with Gasteiger partial charge in [-0.05, 0) is 31.0 Å². The lowest BCUT2D eigenvalue weighted by Gasteiger charge is -2.15. The van der Waals surface area contributed by atoms with Crippen LogP contribution in [0, 0.1) is 13.8 Å². The minimum absolute atomic E-state index is 0.00890. The summed E-state index contributed by atoms with van der Waals surface area (Å²) in [5.74, 6) is -0.823. The summed E-state index contributed by atoms with van der Waals surface area (Å²) in [6, 6.07) is 6.41. The first-order valence-electron chi connectivity index (χ1n) is 7.68. The Labute approximate surface area is 151 Å². The molecule has 8 heteroatoms. The first-order chi connectivity index (χ1) is 12.3. The van der Waals surface area contributed by atoms with Crippen molar-refractivity contribution in [3.05, 3.63) is 46.5 Å². The lowest BCUT2D eigenvalue weighted by molar-refractivity contribution is 0.0751. The molecule has 2 amide bonds. The summed E-state index contributed by atoms with van der Waals surface area (Å²) in [6.07, 6.45) is 0. The first kappa shape index (κ1) is 18.9. The summed E-state index contributed by atoms with van der Waals surface area (Å²) in [5.41, 5.74) is 15.8. The molecule has 0 heterocycles. The SMILES string of the molecule is COc1cc(OC)c(C(N)=O)c(ONC(=O)c2c(C)cc(C)cc2N)c1. The van der Waals surface area contributed by atoms with E-state index in [-0.39, 0.29) is 22.6 Å². The molecule has 0 spiro atoms. The third-order valence-electron chi connectivity index (χ3n) is 3.73. The van der Waals surface area contributed by atoms with Gasteiger partial charge in [0, 0.05) is 17.8 Å². The number of hydroxylamine groups is 1. The number of nitrogens with one attached hydrogen (secondary N) is 1. The molecule has 0 aromatic heterocycles. The number of primary amides is 1. The number of benzene rings is 2. The van der Waals surface area contributed by atoms with Crippen LogP contribution in [0.2, 0.25) is 0 Å². The molecule has 8 nitrogen and oxygen atoms in total. The third-order valence-corrected chi connectivity index (χ3v) is 3.73. The van der Waals surface area contributed by atoms with Crippen molar-refractivity contribution in [3.8, 4) is 17.2 Å². The number of hydrogen-bond donors (Lipinski definition) is 3. The van der Waals surface area contributed by atoms with Crippen LogP contribution in [0.15, 0.2) is 24.3 Å². The minimum Gasteiger partial charge on any atom is -0.496 e. The van der Waals surface area contributed by atoms with Crippen LogP contribution in [0.4, 0.5) is 5.69 Å². The maximum absolute atomic E-state index is 12.5. The number of ether oxygens (including phenoxy) is 2. The van der Waals surface area contributed by atoms with Gasteiger partial charge < -0.3 is 25.8 Å². The maximum Gasteiger partial charge on any atom is 0.286 e. The molecule has 0 aliphatic carbocycles. The highest BCUT2D eigenvalue weighted by Crippen LogP contribution is 2.33. The van der Waals surface area contributed by atoms with Crippen LogP contribution in [-0.2, 0) is 0 Å². The molecule has 138 valence electrons. The van der Waals surface area contributed by atoms with E-state index in [1.165, 1.54) is 26.4 Å². The Kier molecular flexibility index (Phi) is 5.56. The fourth-order valence-corrected chi connectivity index (χ4v) is 2.63. The maximum atomic E-state index is 12.5. The average molecular weight is 359 g/mol. The number of aryl methyl sites for hydroxylation is 2. The van der Waals surface area contributed by atoms with Crippen molar-refractivity contribution < 1.29 is 23.9 Å². The van der Waals surface area contributed by atoms with E-state index < -0.39 is 11.8 Å². The van der Waals surface area contributed by atoms with E-state index >= 15 is 0 Å². The standard InChI is InChI=1S/C18H21N3O5/c1-9-5-10(2)15(12(19)6-9)18(23)21-26-14-8-11(24-3)7-13(25-4)16(14)17(20)22/h5-8H,19H2,1-4H3,(H2,20,22)(H,21,23). The number of nitrogens with two attached hydrogens (primary N) is 2. The van der Waals surface area contributed by atoms with Gasteiger partial charge in [0.1, 0.15) is 17.1 Å². The molecule has 0 aliphatic rings. The van der Waals surface area contributed by atoms with Crippen molar-refractivity contribution in [1.29, 1.82) is 0 Å².